The van der Waals surface area contributed by atoms with Gasteiger partial charge in [-0.2, -0.15) is 4.31 Å². The van der Waals surface area contributed by atoms with Crippen LogP contribution in [0, 0.1) is 0 Å². The molecule has 9 heteroatoms. The highest BCUT2D eigenvalue weighted by Crippen LogP contribution is 2.19. The van der Waals surface area contributed by atoms with E-state index in [0.717, 1.165) is 18.6 Å². The summed E-state index contributed by atoms with van der Waals surface area (Å²) in [6.07, 6.45) is 6.71. The minimum absolute atomic E-state index is 0.00849. The lowest BCUT2D eigenvalue weighted by Crippen LogP contribution is -2.36. The zero-order valence-corrected chi connectivity index (χ0v) is 14.9. The van der Waals surface area contributed by atoms with Crippen molar-refractivity contribution in [3.63, 3.8) is 0 Å². The number of nitrogens with zero attached hydrogens (tertiary/aromatic N) is 3. The van der Waals surface area contributed by atoms with E-state index in [2.05, 4.69) is 10.3 Å². The molecule has 0 radical (unpaired) electrons. The Bertz CT molecular complexity index is 807. The summed E-state index contributed by atoms with van der Waals surface area (Å²) >= 11 is 0. The van der Waals surface area contributed by atoms with Crippen molar-refractivity contribution in [3.8, 4) is 0 Å². The first-order valence-corrected chi connectivity index (χ1v) is 9.73. The number of imidazole rings is 1. The van der Waals surface area contributed by atoms with Crippen LogP contribution in [0.5, 0.6) is 0 Å². The van der Waals surface area contributed by atoms with Gasteiger partial charge in [0.1, 0.15) is 12.3 Å². The molecule has 0 bridgehead atoms. The summed E-state index contributed by atoms with van der Waals surface area (Å²) < 4.78 is 33.0. The van der Waals surface area contributed by atoms with Crippen molar-refractivity contribution in [2.45, 2.75) is 43.8 Å². The lowest BCUT2D eigenvalue weighted by atomic mass is 10.2. The van der Waals surface area contributed by atoms with Crippen molar-refractivity contribution in [1.82, 2.24) is 19.2 Å². The second kappa shape index (κ2) is 7.40. The van der Waals surface area contributed by atoms with Crippen molar-refractivity contribution < 1.29 is 17.6 Å². The molecule has 2 aromatic heterocycles. The SMILES string of the molecule is C[C@@H](Cc1ccco1)NC(=O)Cn1cnc(S(=O)(=O)N2CCCC2)c1. The summed E-state index contributed by atoms with van der Waals surface area (Å²) in [5.41, 5.74) is 0. The number of carbonyl (C=O) groups is 1. The molecule has 1 N–H and O–H groups in total. The van der Waals surface area contributed by atoms with E-state index in [1.54, 1.807) is 12.3 Å². The zero-order chi connectivity index (χ0) is 17.9. The smallest absolute Gasteiger partial charge is 0.262 e. The maximum Gasteiger partial charge on any atom is 0.262 e. The molecule has 0 spiro atoms. The number of rotatable bonds is 7. The summed E-state index contributed by atoms with van der Waals surface area (Å²) in [4.78, 5) is 16.1. The molecule has 1 aliphatic rings. The van der Waals surface area contributed by atoms with Crippen molar-refractivity contribution >= 4 is 15.9 Å². The molecule has 8 nitrogen and oxygen atoms in total. The summed E-state index contributed by atoms with van der Waals surface area (Å²) in [5.74, 6) is 0.594. The molecule has 1 saturated heterocycles. The van der Waals surface area contributed by atoms with Gasteiger partial charge in [0.25, 0.3) is 10.0 Å². The Morgan fingerprint density at radius 1 is 1.40 bits per heavy atom. The van der Waals surface area contributed by atoms with Crippen LogP contribution in [0.3, 0.4) is 0 Å². The Labute approximate surface area is 146 Å². The van der Waals surface area contributed by atoms with E-state index in [0.29, 0.717) is 19.5 Å². The van der Waals surface area contributed by atoms with Gasteiger partial charge in [0.2, 0.25) is 5.91 Å². The number of hydrogen-bond acceptors (Lipinski definition) is 5. The Morgan fingerprint density at radius 3 is 2.84 bits per heavy atom. The predicted molar refractivity (Wildman–Crippen MR) is 90.2 cm³/mol. The molecule has 2 aromatic rings. The van der Waals surface area contributed by atoms with Crippen LogP contribution in [0.25, 0.3) is 0 Å². The fraction of sp³-hybridized carbons (Fsp3) is 0.500. The number of sulfonamides is 1. The highest BCUT2D eigenvalue weighted by molar-refractivity contribution is 7.89. The van der Waals surface area contributed by atoms with Crippen LogP contribution in [-0.2, 0) is 27.8 Å². The molecule has 0 aliphatic carbocycles. The van der Waals surface area contributed by atoms with E-state index < -0.39 is 10.0 Å². The topological polar surface area (TPSA) is 97.4 Å². The molecular weight excluding hydrogens is 344 g/mol. The molecule has 3 heterocycles. The molecule has 25 heavy (non-hydrogen) atoms. The second-order valence-electron chi connectivity index (χ2n) is 6.25. The molecule has 0 saturated carbocycles. The first kappa shape index (κ1) is 17.7. The van der Waals surface area contributed by atoms with E-state index in [1.165, 1.54) is 21.4 Å². The normalized spacial score (nSPS) is 16.8. The van der Waals surface area contributed by atoms with E-state index in [9.17, 15) is 13.2 Å². The number of furan rings is 1. The lowest BCUT2D eigenvalue weighted by Gasteiger charge is -2.13. The van der Waals surface area contributed by atoms with Crippen molar-refractivity contribution in [3.05, 3.63) is 36.7 Å². The van der Waals surface area contributed by atoms with Crippen molar-refractivity contribution in [2.24, 2.45) is 0 Å². The Morgan fingerprint density at radius 2 is 2.16 bits per heavy atom. The van der Waals surface area contributed by atoms with Crippen LogP contribution >= 0.6 is 0 Å². The highest BCUT2D eigenvalue weighted by Gasteiger charge is 2.29. The Kier molecular flexibility index (Phi) is 5.24. The summed E-state index contributed by atoms with van der Waals surface area (Å²) in [6.45, 7) is 2.96. The molecular formula is C16H22N4O4S. The number of nitrogens with one attached hydrogen (secondary N) is 1. The molecule has 3 rings (SSSR count). The largest absolute Gasteiger partial charge is 0.469 e. The van der Waals surface area contributed by atoms with Gasteiger partial charge in [0.15, 0.2) is 5.03 Å². The first-order chi connectivity index (χ1) is 11.9. The van der Waals surface area contributed by atoms with Crippen LogP contribution in [0.4, 0.5) is 0 Å². The Hall–Kier alpha value is -2.13. The van der Waals surface area contributed by atoms with Crippen molar-refractivity contribution in [1.29, 1.82) is 0 Å². The third-order valence-corrected chi connectivity index (χ3v) is 5.88. The number of aromatic nitrogens is 2. The van der Waals surface area contributed by atoms with Gasteiger partial charge in [0, 0.05) is 31.7 Å². The van der Waals surface area contributed by atoms with Gasteiger partial charge in [-0.15, -0.1) is 0 Å². The summed E-state index contributed by atoms with van der Waals surface area (Å²) in [6, 6.07) is 3.57. The van der Waals surface area contributed by atoms with Crippen molar-refractivity contribution in [2.75, 3.05) is 13.1 Å². The van der Waals surface area contributed by atoms with Gasteiger partial charge < -0.3 is 14.3 Å². The average Bonchev–Trinajstić information content (AvgIpc) is 3.29. The van der Waals surface area contributed by atoms with Crippen LogP contribution in [0.2, 0.25) is 0 Å². The molecule has 1 atom stereocenters. The average molecular weight is 366 g/mol. The molecule has 1 aliphatic heterocycles. The van der Waals surface area contributed by atoms with Gasteiger partial charge >= 0.3 is 0 Å². The van der Waals surface area contributed by atoms with E-state index in [1.807, 2.05) is 13.0 Å². The maximum atomic E-state index is 12.4. The van der Waals surface area contributed by atoms with Gasteiger partial charge in [-0.1, -0.05) is 0 Å². The van der Waals surface area contributed by atoms with Crippen LogP contribution < -0.4 is 5.32 Å². The van der Waals surface area contributed by atoms with E-state index >= 15 is 0 Å². The lowest BCUT2D eigenvalue weighted by molar-refractivity contribution is -0.122. The molecule has 136 valence electrons. The fourth-order valence-corrected chi connectivity index (χ4v) is 4.34. The highest BCUT2D eigenvalue weighted by atomic mass is 32.2. The quantitative estimate of drug-likeness (QED) is 0.789. The van der Waals surface area contributed by atoms with Crippen LogP contribution in [0.15, 0.2) is 40.4 Å². The maximum absolute atomic E-state index is 12.4. The monoisotopic (exact) mass is 366 g/mol. The fourth-order valence-electron chi connectivity index (χ4n) is 2.89. The minimum atomic E-state index is -3.55. The predicted octanol–water partition coefficient (Wildman–Crippen LogP) is 1.01. The number of amides is 1. The molecule has 0 unspecified atom stereocenters. The van der Waals surface area contributed by atoms with Crippen LogP contribution in [-0.4, -0.2) is 47.3 Å². The number of hydrogen-bond donors (Lipinski definition) is 1. The standard InChI is InChI=1S/C16H22N4O4S/c1-13(9-14-5-4-8-24-14)18-15(21)10-19-11-16(17-12-19)25(22,23)20-6-2-3-7-20/h4-5,8,11-13H,2-3,6-7,9-10H2,1H3,(H,18,21)/t13-/m0/s1. The van der Waals surface area contributed by atoms with Gasteiger partial charge in [-0.3, -0.25) is 4.79 Å². The molecule has 1 fully saturated rings. The first-order valence-electron chi connectivity index (χ1n) is 8.29. The molecule has 0 aromatic carbocycles. The third-order valence-electron chi connectivity index (χ3n) is 4.10. The van der Waals surface area contributed by atoms with E-state index in [-0.39, 0.29) is 23.5 Å². The van der Waals surface area contributed by atoms with Crippen LogP contribution in [0.1, 0.15) is 25.5 Å². The minimum Gasteiger partial charge on any atom is -0.469 e. The summed E-state index contributed by atoms with van der Waals surface area (Å²) in [5, 5.41) is 2.85. The zero-order valence-electron chi connectivity index (χ0n) is 14.1. The summed E-state index contributed by atoms with van der Waals surface area (Å²) in [7, 11) is -3.55. The van der Waals surface area contributed by atoms with Gasteiger partial charge in [-0.05, 0) is 31.9 Å². The Balaban J connectivity index is 1.56. The third kappa shape index (κ3) is 4.29. The van der Waals surface area contributed by atoms with Gasteiger partial charge in [-0.25, -0.2) is 13.4 Å². The van der Waals surface area contributed by atoms with Gasteiger partial charge in [0.05, 0.1) is 12.6 Å². The second-order valence-corrected chi connectivity index (χ2v) is 8.13. The van der Waals surface area contributed by atoms with E-state index in [4.69, 9.17) is 4.42 Å². The number of carbonyl (C=O) groups excluding carboxylic acids is 1. The molecule has 1 amide bonds.